The van der Waals surface area contributed by atoms with Crippen molar-refractivity contribution in [1.29, 1.82) is 0 Å². The van der Waals surface area contributed by atoms with Crippen molar-refractivity contribution in [1.82, 2.24) is 5.32 Å². The van der Waals surface area contributed by atoms with Crippen LogP contribution in [0.4, 0.5) is 5.69 Å². The molecular formula is C20H21N3O2. The number of aliphatic imine (C=N–C) groups is 1. The summed E-state index contributed by atoms with van der Waals surface area (Å²) in [7, 11) is 1.60. The third kappa shape index (κ3) is 3.78. The molecule has 1 amide bonds. The third-order valence-corrected chi connectivity index (χ3v) is 4.17. The first-order chi connectivity index (χ1) is 12.2. The number of anilines is 1. The van der Waals surface area contributed by atoms with Crippen molar-refractivity contribution in [2.45, 2.75) is 6.10 Å². The van der Waals surface area contributed by atoms with E-state index in [1.165, 1.54) is 0 Å². The summed E-state index contributed by atoms with van der Waals surface area (Å²) in [5, 5.41) is 16.6. The minimum Gasteiger partial charge on any atom is -0.384 e. The molecule has 128 valence electrons. The van der Waals surface area contributed by atoms with Crippen LogP contribution in [0.1, 0.15) is 17.2 Å². The first-order valence-corrected chi connectivity index (χ1v) is 8.22. The number of carbonyl (C=O) groups is 1. The zero-order valence-electron chi connectivity index (χ0n) is 14.1. The van der Waals surface area contributed by atoms with Gasteiger partial charge in [-0.25, -0.2) is 0 Å². The lowest BCUT2D eigenvalue weighted by molar-refractivity contribution is -0.114. The van der Waals surface area contributed by atoms with Crippen LogP contribution in [0, 0.1) is 0 Å². The molecule has 5 nitrogen and oxygen atoms in total. The van der Waals surface area contributed by atoms with Gasteiger partial charge in [0, 0.05) is 24.8 Å². The van der Waals surface area contributed by atoms with Gasteiger partial charge in [-0.1, -0.05) is 54.6 Å². The van der Waals surface area contributed by atoms with Gasteiger partial charge in [-0.3, -0.25) is 9.79 Å². The molecule has 0 fully saturated rings. The molecule has 2 aromatic carbocycles. The van der Waals surface area contributed by atoms with Crippen LogP contribution < -0.4 is 10.6 Å². The Morgan fingerprint density at radius 2 is 1.88 bits per heavy atom. The summed E-state index contributed by atoms with van der Waals surface area (Å²) >= 11 is 0. The number of nitrogens with one attached hydrogen (secondary N) is 2. The highest BCUT2D eigenvalue weighted by molar-refractivity contribution is 6.46. The number of rotatable bonds is 6. The summed E-state index contributed by atoms with van der Waals surface area (Å²) in [6.07, 6.45) is 1.22. The minimum absolute atomic E-state index is 0.178. The average molecular weight is 335 g/mol. The Hall–Kier alpha value is -2.92. The summed E-state index contributed by atoms with van der Waals surface area (Å²) in [5.74, 6) is -0.178. The number of hydrogen-bond acceptors (Lipinski definition) is 4. The molecule has 3 rings (SSSR count). The lowest BCUT2D eigenvalue weighted by atomic mass is 9.99. The van der Waals surface area contributed by atoms with Crippen molar-refractivity contribution in [2.75, 3.05) is 25.5 Å². The van der Waals surface area contributed by atoms with E-state index in [2.05, 4.69) is 15.6 Å². The van der Waals surface area contributed by atoms with E-state index < -0.39 is 6.10 Å². The van der Waals surface area contributed by atoms with E-state index in [1.54, 1.807) is 7.05 Å². The summed E-state index contributed by atoms with van der Waals surface area (Å²) < 4.78 is 0. The van der Waals surface area contributed by atoms with Crippen molar-refractivity contribution in [3.05, 3.63) is 77.4 Å². The Labute approximate surface area is 147 Å². The van der Waals surface area contributed by atoms with E-state index in [4.69, 9.17) is 0 Å². The van der Waals surface area contributed by atoms with Gasteiger partial charge in [-0.15, -0.1) is 0 Å². The summed E-state index contributed by atoms with van der Waals surface area (Å²) in [4.78, 5) is 16.1. The number of carbonyl (C=O) groups excluding carboxylic acids is 1. The van der Waals surface area contributed by atoms with Crippen molar-refractivity contribution in [3.63, 3.8) is 0 Å². The predicted octanol–water partition coefficient (Wildman–Crippen LogP) is 2.31. The van der Waals surface area contributed by atoms with Gasteiger partial charge in [0.05, 0.1) is 6.54 Å². The second-order valence-electron chi connectivity index (χ2n) is 5.75. The summed E-state index contributed by atoms with van der Waals surface area (Å²) in [6, 6.07) is 17.2. The number of para-hydroxylation sites is 1. The highest BCUT2D eigenvalue weighted by Gasteiger charge is 2.19. The molecule has 0 radical (unpaired) electrons. The van der Waals surface area contributed by atoms with Crippen LogP contribution >= 0.6 is 0 Å². The molecule has 1 atom stereocenters. The van der Waals surface area contributed by atoms with Gasteiger partial charge in [0.15, 0.2) is 0 Å². The molecule has 3 N–H and O–H groups in total. The molecule has 0 spiro atoms. The zero-order chi connectivity index (χ0) is 17.6. The first kappa shape index (κ1) is 16.9. The minimum atomic E-state index is -0.713. The Bertz CT molecular complexity index is 813. The second kappa shape index (κ2) is 7.77. The fourth-order valence-electron chi connectivity index (χ4n) is 2.84. The molecule has 1 aliphatic heterocycles. The average Bonchev–Trinajstić information content (AvgIpc) is 3.14. The van der Waals surface area contributed by atoms with Crippen LogP contribution in [0.15, 0.2) is 71.2 Å². The quantitative estimate of drug-likeness (QED) is 0.758. The maximum Gasteiger partial charge on any atom is 0.269 e. The third-order valence-electron chi connectivity index (χ3n) is 4.17. The molecule has 1 unspecified atom stereocenters. The van der Waals surface area contributed by atoms with Crippen molar-refractivity contribution in [2.24, 2.45) is 4.99 Å². The van der Waals surface area contributed by atoms with Crippen LogP contribution in [0.3, 0.4) is 0 Å². The molecule has 0 aliphatic carbocycles. The fraction of sp³-hybridized carbons (Fsp3) is 0.200. The summed E-state index contributed by atoms with van der Waals surface area (Å²) in [5.41, 5.74) is 3.80. The first-order valence-electron chi connectivity index (χ1n) is 8.22. The Morgan fingerprint density at radius 3 is 2.64 bits per heavy atom. The zero-order valence-corrected chi connectivity index (χ0v) is 14.1. The van der Waals surface area contributed by atoms with Gasteiger partial charge in [-0.05, 0) is 17.2 Å². The van der Waals surface area contributed by atoms with Crippen LogP contribution in [-0.4, -0.2) is 36.9 Å². The normalized spacial score (nSPS) is 14.5. The van der Waals surface area contributed by atoms with Gasteiger partial charge in [0.1, 0.15) is 11.8 Å². The molecule has 1 heterocycles. The lowest BCUT2D eigenvalue weighted by Crippen LogP contribution is -2.29. The highest BCUT2D eigenvalue weighted by atomic mass is 16.3. The molecule has 0 aromatic heterocycles. The number of hydrogen-bond donors (Lipinski definition) is 3. The Balaban J connectivity index is 1.76. The van der Waals surface area contributed by atoms with Gasteiger partial charge < -0.3 is 15.7 Å². The van der Waals surface area contributed by atoms with Crippen molar-refractivity contribution >= 4 is 17.3 Å². The number of nitrogens with zero attached hydrogens (tertiary/aromatic N) is 1. The van der Waals surface area contributed by atoms with E-state index >= 15 is 0 Å². The topological polar surface area (TPSA) is 73.7 Å². The van der Waals surface area contributed by atoms with E-state index in [-0.39, 0.29) is 5.91 Å². The monoisotopic (exact) mass is 335 g/mol. The molecule has 0 saturated carbocycles. The van der Waals surface area contributed by atoms with Gasteiger partial charge in [0.25, 0.3) is 5.91 Å². The molecule has 0 saturated heterocycles. The number of aliphatic hydroxyl groups is 1. The van der Waals surface area contributed by atoms with E-state index in [9.17, 15) is 9.90 Å². The van der Waals surface area contributed by atoms with Crippen molar-refractivity contribution < 1.29 is 9.90 Å². The van der Waals surface area contributed by atoms with Crippen LogP contribution in [0.5, 0.6) is 0 Å². The number of amides is 1. The fourth-order valence-corrected chi connectivity index (χ4v) is 2.84. The molecule has 0 bridgehead atoms. The Morgan fingerprint density at radius 1 is 1.16 bits per heavy atom. The van der Waals surface area contributed by atoms with Gasteiger partial charge >= 0.3 is 0 Å². The van der Waals surface area contributed by atoms with Crippen LogP contribution in [0.2, 0.25) is 0 Å². The molecule has 2 aromatic rings. The van der Waals surface area contributed by atoms with Gasteiger partial charge in [-0.2, -0.15) is 0 Å². The number of benzene rings is 2. The molecule has 1 aliphatic rings. The summed E-state index contributed by atoms with van der Waals surface area (Å²) in [6.45, 7) is 0.999. The molecular weight excluding hydrogens is 314 g/mol. The maximum atomic E-state index is 11.8. The Kier molecular flexibility index (Phi) is 5.26. The second-order valence-corrected chi connectivity index (χ2v) is 5.75. The van der Waals surface area contributed by atoms with Gasteiger partial charge in [0.2, 0.25) is 0 Å². The highest BCUT2D eigenvalue weighted by Crippen LogP contribution is 2.28. The SMILES string of the molecule is CNC(=O)C1=NCC=C1CNc1ccccc1C(O)c1ccccc1. The van der Waals surface area contributed by atoms with E-state index in [1.807, 2.05) is 60.7 Å². The predicted molar refractivity (Wildman–Crippen MR) is 99.9 cm³/mol. The maximum absolute atomic E-state index is 11.8. The standard InChI is InChI=1S/C20H21N3O2/c1-21-20(25)18-15(11-12-22-18)13-23-17-10-6-5-9-16(17)19(24)14-7-3-2-4-8-14/h2-11,19,23-24H,12-13H2,1H3,(H,21,25). The van der Waals surface area contributed by atoms with Crippen LogP contribution in [-0.2, 0) is 4.79 Å². The molecule has 5 heteroatoms. The smallest absolute Gasteiger partial charge is 0.269 e. The van der Waals surface area contributed by atoms with E-state index in [0.717, 1.165) is 22.4 Å². The van der Waals surface area contributed by atoms with Crippen LogP contribution in [0.25, 0.3) is 0 Å². The lowest BCUT2D eigenvalue weighted by Gasteiger charge is -2.18. The van der Waals surface area contributed by atoms with E-state index in [0.29, 0.717) is 18.8 Å². The number of aliphatic hydroxyl groups excluding tert-OH is 1. The molecule has 25 heavy (non-hydrogen) atoms. The van der Waals surface area contributed by atoms with Crippen molar-refractivity contribution in [3.8, 4) is 0 Å². The largest absolute Gasteiger partial charge is 0.384 e.